The minimum absolute atomic E-state index is 0.0678. The van der Waals surface area contributed by atoms with Crippen molar-refractivity contribution < 1.29 is 18.4 Å². The fourth-order valence-electron chi connectivity index (χ4n) is 1.64. The van der Waals surface area contributed by atoms with Gasteiger partial charge in [-0.15, -0.1) is 11.3 Å². The maximum absolute atomic E-state index is 12.1. The van der Waals surface area contributed by atoms with Crippen LogP contribution < -0.4 is 10.2 Å². The molecule has 3 N–H and O–H groups in total. The van der Waals surface area contributed by atoms with Crippen LogP contribution in [-0.4, -0.2) is 29.1 Å². The van der Waals surface area contributed by atoms with Crippen LogP contribution >= 0.6 is 11.3 Å². The summed E-state index contributed by atoms with van der Waals surface area (Å²) in [5.74, 6) is -0.633. The van der Waals surface area contributed by atoms with E-state index < -0.39 is 22.0 Å². The second-order valence-electron chi connectivity index (χ2n) is 4.36. The molecule has 0 aliphatic heterocycles. The molecule has 10 heteroatoms. The van der Waals surface area contributed by atoms with E-state index in [1.165, 1.54) is 28.6 Å². The van der Waals surface area contributed by atoms with Gasteiger partial charge < -0.3 is 4.57 Å². The normalized spacial score (nSPS) is 13.1. The molecule has 0 aliphatic rings. The lowest BCUT2D eigenvalue weighted by Crippen LogP contribution is -2.26. The lowest BCUT2D eigenvalue weighted by Gasteiger charge is -2.11. The molecule has 8 nitrogen and oxygen atoms in total. The number of carbonyl (C=O) groups excluding carboxylic acids is 1. The summed E-state index contributed by atoms with van der Waals surface area (Å²) in [5.41, 5.74) is 1.53. The number of aryl methyl sites for hydroxylation is 1. The number of sulfonamides is 1. The van der Waals surface area contributed by atoms with Crippen molar-refractivity contribution in [1.82, 2.24) is 19.8 Å². The average Bonchev–Trinajstić information content (AvgIpc) is 3.06. The van der Waals surface area contributed by atoms with Crippen molar-refractivity contribution in [2.45, 2.75) is 18.0 Å². The van der Waals surface area contributed by atoms with Gasteiger partial charge in [-0.05, 0) is 19.1 Å². The Labute approximate surface area is 125 Å². The fraction of sp³-hybridized carbons (Fsp3) is 0.273. The van der Waals surface area contributed by atoms with Gasteiger partial charge in [0.05, 0.1) is 17.2 Å². The average molecular weight is 330 g/mol. The highest BCUT2D eigenvalue weighted by Crippen LogP contribution is 2.24. The third-order valence-corrected chi connectivity index (χ3v) is 5.36. The topological polar surface area (TPSA) is 113 Å². The van der Waals surface area contributed by atoms with Crippen LogP contribution in [-0.2, 0) is 17.1 Å². The number of rotatable bonds is 5. The summed E-state index contributed by atoms with van der Waals surface area (Å²) in [7, 11) is -2.05. The Balaban J connectivity index is 2.16. The molecule has 0 aromatic carbocycles. The van der Waals surface area contributed by atoms with Gasteiger partial charge in [-0.25, -0.2) is 23.6 Å². The van der Waals surface area contributed by atoms with Gasteiger partial charge in [-0.2, -0.15) is 0 Å². The van der Waals surface area contributed by atoms with E-state index >= 15 is 0 Å². The highest BCUT2D eigenvalue weighted by Gasteiger charge is 2.22. The predicted molar refractivity (Wildman–Crippen MR) is 75.5 cm³/mol. The first-order valence-electron chi connectivity index (χ1n) is 5.88. The van der Waals surface area contributed by atoms with Crippen LogP contribution in [0.5, 0.6) is 0 Å². The molecular weight excluding hydrogens is 316 g/mol. The van der Waals surface area contributed by atoms with E-state index in [-0.39, 0.29) is 9.90 Å². The summed E-state index contributed by atoms with van der Waals surface area (Å²) < 4.78 is 28.3. The van der Waals surface area contributed by atoms with Gasteiger partial charge in [0, 0.05) is 18.1 Å². The standard InChI is InChI=1S/C11H14N4O4S2/c1-7(8-3-4-9(20-8)11(16)13-17)14-21(18,19)10-5-15(2)6-12-10/h3-7,14,17H,1-2H3,(H,13,16). The molecule has 1 unspecified atom stereocenters. The number of thiophene rings is 1. The van der Waals surface area contributed by atoms with E-state index in [2.05, 4.69) is 9.71 Å². The number of hydrogen-bond donors (Lipinski definition) is 3. The number of hydrogen-bond acceptors (Lipinski definition) is 6. The Kier molecular flexibility index (Phi) is 4.42. The smallest absolute Gasteiger partial charge is 0.284 e. The SMILES string of the molecule is CC(NS(=O)(=O)c1cn(C)cn1)c1ccc(C(=O)NO)s1. The lowest BCUT2D eigenvalue weighted by molar-refractivity contribution is 0.0711. The highest BCUT2D eigenvalue weighted by molar-refractivity contribution is 7.89. The van der Waals surface area contributed by atoms with E-state index in [0.29, 0.717) is 4.88 Å². The second kappa shape index (κ2) is 5.93. The number of imidazole rings is 1. The number of aromatic nitrogens is 2. The summed E-state index contributed by atoms with van der Waals surface area (Å²) in [6.07, 6.45) is 2.79. The van der Waals surface area contributed by atoms with E-state index in [9.17, 15) is 13.2 Å². The van der Waals surface area contributed by atoms with Gasteiger partial charge in [0.2, 0.25) is 0 Å². The molecule has 0 fully saturated rings. The van der Waals surface area contributed by atoms with Crippen molar-refractivity contribution in [2.75, 3.05) is 0 Å². The van der Waals surface area contributed by atoms with Crippen LogP contribution in [0.25, 0.3) is 0 Å². The van der Waals surface area contributed by atoms with E-state index in [4.69, 9.17) is 5.21 Å². The van der Waals surface area contributed by atoms with Crippen molar-refractivity contribution in [3.8, 4) is 0 Å². The van der Waals surface area contributed by atoms with Gasteiger partial charge in [0.1, 0.15) is 0 Å². The highest BCUT2D eigenvalue weighted by atomic mass is 32.2. The number of amides is 1. The predicted octanol–water partition coefficient (Wildman–Crippen LogP) is 0.640. The van der Waals surface area contributed by atoms with Crippen molar-refractivity contribution >= 4 is 27.3 Å². The first kappa shape index (κ1) is 15.6. The molecule has 0 saturated heterocycles. The first-order chi connectivity index (χ1) is 9.83. The number of carbonyl (C=O) groups is 1. The zero-order valence-corrected chi connectivity index (χ0v) is 12.9. The quantitative estimate of drug-likeness (QED) is 0.550. The molecule has 1 atom stereocenters. The third kappa shape index (κ3) is 3.47. The summed E-state index contributed by atoms with van der Waals surface area (Å²) >= 11 is 1.09. The number of nitrogens with zero attached hydrogens (tertiary/aromatic N) is 2. The van der Waals surface area contributed by atoms with E-state index in [1.807, 2.05) is 0 Å². The molecule has 2 aromatic rings. The Morgan fingerprint density at radius 2 is 2.19 bits per heavy atom. The zero-order valence-electron chi connectivity index (χ0n) is 11.3. The molecule has 1 amide bonds. The molecule has 2 aromatic heterocycles. The van der Waals surface area contributed by atoms with Crippen LogP contribution in [0.1, 0.15) is 27.5 Å². The third-order valence-electron chi connectivity index (χ3n) is 2.67. The summed E-state index contributed by atoms with van der Waals surface area (Å²) in [6, 6.07) is 2.61. The van der Waals surface area contributed by atoms with Crippen molar-refractivity contribution in [3.63, 3.8) is 0 Å². The molecule has 21 heavy (non-hydrogen) atoms. The van der Waals surface area contributed by atoms with Gasteiger partial charge >= 0.3 is 0 Å². The molecule has 0 radical (unpaired) electrons. The number of hydroxylamine groups is 1. The van der Waals surface area contributed by atoms with Crippen LogP contribution in [0.2, 0.25) is 0 Å². The van der Waals surface area contributed by atoms with Crippen LogP contribution in [0.15, 0.2) is 29.7 Å². The molecule has 2 rings (SSSR count). The van der Waals surface area contributed by atoms with E-state index in [1.54, 1.807) is 20.0 Å². The van der Waals surface area contributed by atoms with Crippen LogP contribution in [0, 0.1) is 0 Å². The van der Waals surface area contributed by atoms with Crippen molar-refractivity contribution in [3.05, 3.63) is 34.4 Å². The first-order valence-corrected chi connectivity index (χ1v) is 8.18. The van der Waals surface area contributed by atoms with Gasteiger partial charge in [0.25, 0.3) is 15.9 Å². The molecule has 2 heterocycles. The van der Waals surface area contributed by atoms with Crippen molar-refractivity contribution in [2.24, 2.45) is 7.05 Å². The molecule has 0 saturated carbocycles. The molecule has 0 aliphatic carbocycles. The Morgan fingerprint density at radius 1 is 1.48 bits per heavy atom. The maximum atomic E-state index is 12.1. The van der Waals surface area contributed by atoms with Gasteiger partial charge in [0.15, 0.2) is 5.03 Å². The molecule has 114 valence electrons. The zero-order chi connectivity index (χ0) is 15.6. The van der Waals surface area contributed by atoms with Crippen LogP contribution in [0.4, 0.5) is 0 Å². The maximum Gasteiger partial charge on any atom is 0.284 e. The van der Waals surface area contributed by atoms with Crippen molar-refractivity contribution in [1.29, 1.82) is 0 Å². The fourth-order valence-corrected chi connectivity index (χ4v) is 3.82. The summed E-state index contributed by atoms with van der Waals surface area (Å²) in [5, 5.41) is 8.49. The lowest BCUT2D eigenvalue weighted by atomic mass is 10.3. The molecule has 0 bridgehead atoms. The molecule has 0 spiro atoms. The summed E-state index contributed by atoms with van der Waals surface area (Å²) in [6.45, 7) is 1.66. The number of nitrogens with one attached hydrogen (secondary N) is 2. The Bertz CT molecular complexity index is 750. The minimum Gasteiger partial charge on any atom is -0.339 e. The monoisotopic (exact) mass is 330 g/mol. The van der Waals surface area contributed by atoms with Gasteiger partial charge in [-0.3, -0.25) is 10.0 Å². The van der Waals surface area contributed by atoms with Gasteiger partial charge in [-0.1, -0.05) is 0 Å². The minimum atomic E-state index is -3.73. The second-order valence-corrected chi connectivity index (χ2v) is 7.14. The van der Waals surface area contributed by atoms with Crippen LogP contribution in [0.3, 0.4) is 0 Å². The Morgan fingerprint density at radius 3 is 2.76 bits per heavy atom. The Hall–Kier alpha value is -1.75. The summed E-state index contributed by atoms with van der Waals surface area (Å²) in [4.78, 5) is 16.0. The molecular formula is C11H14N4O4S2. The van der Waals surface area contributed by atoms with E-state index in [0.717, 1.165) is 11.3 Å². The largest absolute Gasteiger partial charge is 0.339 e.